The summed E-state index contributed by atoms with van der Waals surface area (Å²) < 4.78 is 0. The molecule has 0 aliphatic carbocycles. The number of fused-ring (bicyclic) bond motifs is 1. The summed E-state index contributed by atoms with van der Waals surface area (Å²) in [5.41, 5.74) is 4.17. The summed E-state index contributed by atoms with van der Waals surface area (Å²) in [4.78, 5) is 3.37. The Balaban J connectivity index is 2.17. The van der Waals surface area contributed by atoms with Crippen LogP contribution in [0.1, 0.15) is 26.3 Å². The summed E-state index contributed by atoms with van der Waals surface area (Å²) in [7, 11) is 0. The van der Waals surface area contributed by atoms with Gasteiger partial charge >= 0.3 is 0 Å². The second kappa shape index (κ2) is 4.41. The molecule has 1 aromatic heterocycles. The van der Waals surface area contributed by atoms with E-state index in [1.54, 1.807) is 6.07 Å². The Bertz CT molecular complexity index is 729. The lowest BCUT2D eigenvalue weighted by atomic mass is 9.85. The van der Waals surface area contributed by atoms with Gasteiger partial charge in [0.1, 0.15) is 5.75 Å². The first-order valence-corrected chi connectivity index (χ1v) is 6.87. The van der Waals surface area contributed by atoms with Crippen LogP contribution in [0.5, 0.6) is 5.75 Å². The van der Waals surface area contributed by atoms with Gasteiger partial charge in [-0.2, -0.15) is 0 Å². The highest BCUT2D eigenvalue weighted by atomic mass is 16.3. The van der Waals surface area contributed by atoms with Crippen molar-refractivity contribution < 1.29 is 5.11 Å². The molecule has 0 spiro atoms. The summed E-state index contributed by atoms with van der Waals surface area (Å²) >= 11 is 0. The topological polar surface area (TPSA) is 36.0 Å². The number of hydrogen-bond acceptors (Lipinski definition) is 1. The number of aromatic hydroxyl groups is 1. The quantitative estimate of drug-likeness (QED) is 0.649. The van der Waals surface area contributed by atoms with Crippen molar-refractivity contribution in [3.8, 4) is 17.0 Å². The van der Waals surface area contributed by atoms with Crippen LogP contribution in [0.3, 0.4) is 0 Å². The highest BCUT2D eigenvalue weighted by Gasteiger charge is 2.16. The molecule has 0 saturated heterocycles. The molecule has 0 unspecified atom stereocenters. The van der Waals surface area contributed by atoms with E-state index >= 15 is 0 Å². The molecular weight excluding hydrogens is 246 g/mol. The second-order valence-corrected chi connectivity index (χ2v) is 6.25. The van der Waals surface area contributed by atoms with Crippen molar-refractivity contribution in [3.63, 3.8) is 0 Å². The first-order valence-electron chi connectivity index (χ1n) is 6.87. The van der Waals surface area contributed by atoms with Crippen molar-refractivity contribution in [2.24, 2.45) is 0 Å². The standard InChI is InChI=1S/C18H19NO/c1-18(2,3)13-8-9-17(20)14(11-13)16-10-12-6-4-5-7-15(12)19-16/h4-11,19-20H,1-3H3. The third-order valence-electron chi connectivity index (χ3n) is 3.68. The predicted octanol–water partition coefficient (Wildman–Crippen LogP) is 4.84. The molecule has 3 aromatic rings. The van der Waals surface area contributed by atoms with Crippen molar-refractivity contribution in [1.82, 2.24) is 4.98 Å². The highest BCUT2D eigenvalue weighted by Crippen LogP contribution is 2.34. The van der Waals surface area contributed by atoms with Crippen LogP contribution in [-0.4, -0.2) is 10.1 Å². The van der Waals surface area contributed by atoms with Crippen LogP contribution in [0.4, 0.5) is 0 Å². The molecule has 0 bridgehead atoms. The number of aromatic amines is 1. The molecule has 3 rings (SSSR count). The van der Waals surface area contributed by atoms with Gasteiger partial charge < -0.3 is 10.1 Å². The number of aromatic nitrogens is 1. The Kier molecular flexibility index (Phi) is 2.82. The van der Waals surface area contributed by atoms with Gasteiger partial charge in [0, 0.05) is 16.5 Å². The third-order valence-corrected chi connectivity index (χ3v) is 3.68. The Morgan fingerprint density at radius 3 is 2.40 bits per heavy atom. The number of benzene rings is 2. The molecule has 2 nitrogen and oxygen atoms in total. The van der Waals surface area contributed by atoms with E-state index in [1.165, 1.54) is 5.56 Å². The van der Waals surface area contributed by atoms with E-state index in [-0.39, 0.29) is 5.41 Å². The zero-order valence-corrected chi connectivity index (χ0v) is 12.1. The minimum Gasteiger partial charge on any atom is -0.507 e. The number of nitrogens with one attached hydrogen (secondary N) is 1. The lowest BCUT2D eigenvalue weighted by molar-refractivity contribution is 0.476. The average molecular weight is 265 g/mol. The Labute approximate surface area is 119 Å². The zero-order valence-electron chi connectivity index (χ0n) is 12.1. The molecule has 0 saturated carbocycles. The Hall–Kier alpha value is -2.22. The van der Waals surface area contributed by atoms with E-state index in [1.807, 2.05) is 24.3 Å². The van der Waals surface area contributed by atoms with E-state index < -0.39 is 0 Å². The second-order valence-electron chi connectivity index (χ2n) is 6.25. The minimum absolute atomic E-state index is 0.0640. The van der Waals surface area contributed by atoms with Gasteiger partial charge in [0.05, 0.1) is 5.69 Å². The smallest absolute Gasteiger partial charge is 0.124 e. The van der Waals surface area contributed by atoms with Crippen LogP contribution in [0, 0.1) is 0 Å². The number of phenols is 1. The van der Waals surface area contributed by atoms with Crippen LogP contribution >= 0.6 is 0 Å². The van der Waals surface area contributed by atoms with E-state index in [2.05, 4.69) is 44.0 Å². The van der Waals surface area contributed by atoms with Gasteiger partial charge in [-0.25, -0.2) is 0 Å². The summed E-state index contributed by atoms with van der Waals surface area (Å²) in [5, 5.41) is 11.3. The van der Waals surface area contributed by atoms with Gasteiger partial charge in [-0.05, 0) is 35.2 Å². The predicted molar refractivity (Wildman–Crippen MR) is 84.1 cm³/mol. The van der Waals surface area contributed by atoms with Gasteiger partial charge in [-0.3, -0.25) is 0 Å². The lowest BCUT2D eigenvalue weighted by Gasteiger charge is -2.20. The fourth-order valence-electron chi connectivity index (χ4n) is 2.44. The largest absolute Gasteiger partial charge is 0.507 e. The Morgan fingerprint density at radius 2 is 1.70 bits per heavy atom. The van der Waals surface area contributed by atoms with Gasteiger partial charge in [0.2, 0.25) is 0 Å². The van der Waals surface area contributed by atoms with E-state index in [0.717, 1.165) is 22.2 Å². The maximum Gasteiger partial charge on any atom is 0.124 e. The maximum absolute atomic E-state index is 10.2. The summed E-state index contributed by atoms with van der Waals surface area (Å²) in [6, 6.07) is 16.1. The van der Waals surface area contributed by atoms with E-state index in [4.69, 9.17) is 0 Å². The molecule has 2 heteroatoms. The zero-order chi connectivity index (χ0) is 14.3. The van der Waals surface area contributed by atoms with Gasteiger partial charge in [-0.15, -0.1) is 0 Å². The first-order chi connectivity index (χ1) is 9.45. The number of phenolic OH excluding ortho intramolecular Hbond substituents is 1. The maximum atomic E-state index is 10.2. The number of para-hydroxylation sites is 1. The molecule has 0 fully saturated rings. The van der Waals surface area contributed by atoms with Crippen molar-refractivity contribution in [3.05, 3.63) is 54.1 Å². The van der Waals surface area contributed by atoms with Crippen molar-refractivity contribution in [2.75, 3.05) is 0 Å². The van der Waals surface area contributed by atoms with Crippen molar-refractivity contribution in [1.29, 1.82) is 0 Å². The Morgan fingerprint density at radius 1 is 0.950 bits per heavy atom. The van der Waals surface area contributed by atoms with Gasteiger partial charge in [0.15, 0.2) is 0 Å². The van der Waals surface area contributed by atoms with Crippen LogP contribution in [-0.2, 0) is 5.41 Å². The molecule has 20 heavy (non-hydrogen) atoms. The molecule has 0 aliphatic rings. The normalized spacial score (nSPS) is 11.9. The van der Waals surface area contributed by atoms with Crippen LogP contribution in [0.15, 0.2) is 48.5 Å². The summed E-state index contributed by atoms with van der Waals surface area (Å²) in [5.74, 6) is 0.310. The van der Waals surface area contributed by atoms with Crippen molar-refractivity contribution >= 4 is 10.9 Å². The van der Waals surface area contributed by atoms with Gasteiger partial charge in [0.25, 0.3) is 0 Å². The van der Waals surface area contributed by atoms with Gasteiger partial charge in [-0.1, -0.05) is 45.0 Å². The summed E-state index contributed by atoms with van der Waals surface area (Å²) in [6.45, 7) is 6.52. The minimum atomic E-state index is 0.0640. The number of H-pyrrole nitrogens is 1. The molecule has 1 heterocycles. The monoisotopic (exact) mass is 265 g/mol. The molecule has 2 aromatic carbocycles. The molecule has 2 N–H and O–H groups in total. The van der Waals surface area contributed by atoms with Crippen LogP contribution < -0.4 is 0 Å². The number of hydrogen-bond donors (Lipinski definition) is 2. The molecule has 0 radical (unpaired) electrons. The van der Waals surface area contributed by atoms with E-state index in [0.29, 0.717) is 5.75 Å². The van der Waals surface area contributed by atoms with E-state index in [9.17, 15) is 5.11 Å². The number of rotatable bonds is 1. The summed E-state index contributed by atoms with van der Waals surface area (Å²) in [6.07, 6.45) is 0. The molecule has 102 valence electrons. The van der Waals surface area contributed by atoms with Crippen molar-refractivity contribution in [2.45, 2.75) is 26.2 Å². The molecule has 0 atom stereocenters. The SMILES string of the molecule is CC(C)(C)c1ccc(O)c(-c2cc3ccccc3[nH]2)c1. The fraction of sp³-hybridized carbons (Fsp3) is 0.222. The molecule has 0 amide bonds. The first kappa shape index (κ1) is 12.8. The fourth-order valence-corrected chi connectivity index (χ4v) is 2.44. The average Bonchev–Trinajstić information content (AvgIpc) is 2.81. The van der Waals surface area contributed by atoms with Crippen LogP contribution in [0.25, 0.3) is 22.2 Å². The highest BCUT2D eigenvalue weighted by molar-refractivity contribution is 5.87. The molecule has 0 aliphatic heterocycles. The lowest BCUT2D eigenvalue weighted by Crippen LogP contribution is -2.10. The van der Waals surface area contributed by atoms with Crippen LogP contribution in [0.2, 0.25) is 0 Å². The third kappa shape index (κ3) is 2.18. The molecular formula is C18H19NO.